The minimum Gasteiger partial charge on any atom is -0.466 e. The number of nitrogens with zero attached hydrogens (tertiary/aromatic N) is 3. The second kappa shape index (κ2) is 7.97. The van der Waals surface area contributed by atoms with E-state index in [1.54, 1.807) is 0 Å². The fourth-order valence-corrected chi connectivity index (χ4v) is 3.60. The van der Waals surface area contributed by atoms with Gasteiger partial charge in [-0.25, -0.2) is 0 Å². The lowest BCUT2D eigenvalue weighted by atomic mass is 9.97. The molecule has 0 aliphatic carbocycles. The van der Waals surface area contributed by atoms with E-state index >= 15 is 0 Å². The summed E-state index contributed by atoms with van der Waals surface area (Å²) < 4.78 is 10.1. The summed E-state index contributed by atoms with van der Waals surface area (Å²) in [6, 6.07) is 8.24. The SMILES string of the molecule is CCOC(=O)C1CCN(Cn2ccn(-c3ccccc3C)c2=S)CC1. The number of rotatable bonds is 5. The average Bonchev–Trinajstić information content (AvgIpc) is 2.97. The first-order valence-corrected chi connectivity index (χ1v) is 9.23. The van der Waals surface area contributed by atoms with Crippen LogP contribution in [0.5, 0.6) is 0 Å². The number of hydrogen-bond acceptors (Lipinski definition) is 4. The highest BCUT2D eigenvalue weighted by atomic mass is 32.1. The van der Waals surface area contributed by atoms with Gasteiger partial charge in [-0.2, -0.15) is 0 Å². The lowest BCUT2D eigenvalue weighted by Crippen LogP contribution is -2.37. The van der Waals surface area contributed by atoms with Crippen molar-refractivity contribution in [1.29, 1.82) is 0 Å². The van der Waals surface area contributed by atoms with Crippen LogP contribution in [0.25, 0.3) is 5.69 Å². The van der Waals surface area contributed by atoms with Gasteiger partial charge in [0.15, 0.2) is 4.77 Å². The van der Waals surface area contributed by atoms with Crippen molar-refractivity contribution in [2.75, 3.05) is 19.7 Å². The summed E-state index contributed by atoms with van der Waals surface area (Å²) in [6.45, 7) is 6.94. The summed E-state index contributed by atoms with van der Waals surface area (Å²) in [7, 11) is 0. The highest BCUT2D eigenvalue weighted by molar-refractivity contribution is 7.71. The van der Waals surface area contributed by atoms with Crippen molar-refractivity contribution >= 4 is 18.2 Å². The number of ether oxygens (including phenoxy) is 1. The molecule has 1 aliphatic rings. The molecule has 0 bridgehead atoms. The Labute approximate surface area is 153 Å². The minimum absolute atomic E-state index is 0.0424. The molecule has 0 spiro atoms. The maximum Gasteiger partial charge on any atom is 0.309 e. The van der Waals surface area contributed by atoms with E-state index in [0.29, 0.717) is 6.61 Å². The molecule has 3 rings (SSSR count). The van der Waals surface area contributed by atoms with Gasteiger partial charge in [-0.05, 0) is 50.5 Å². The Morgan fingerprint density at radius 2 is 1.96 bits per heavy atom. The molecule has 0 unspecified atom stereocenters. The Hall–Kier alpha value is -1.92. The summed E-state index contributed by atoms with van der Waals surface area (Å²) in [5.41, 5.74) is 2.32. The zero-order valence-electron chi connectivity index (χ0n) is 14.9. The van der Waals surface area contributed by atoms with Crippen LogP contribution in [0.4, 0.5) is 0 Å². The van der Waals surface area contributed by atoms with Crippen LogP contribution < -0.4 is 0 Å². The van der Waals surface area contributed by atoms with Crippen molar-refractivity contribution in [3.63, 3.8) is 0 Å². The Morgan fingerprint density at radius 3 is 2.64 bits per heavy atom. The van der Waals surface area contributed by atoms with Gasteiger partial charge in [-0.1, -0.05) is 18.2 Å². The van der Waals surface area contributed by atoms with Gasteiger partial charge in [0, 0.05) is 25.5 Å². The number of likely N-dealkylation sites (tertiary alicyclic amines) is 1. The third-order valence-corrected chi connectivity index (χ3v) is 5.21. The number of aromatic nitrogens is 2. The van der Waals surface area contributed by atoms with Crippen LogP contribution in [0.1, 0.15) is 25.3 Å². The van der Waals surface area contributed by atoms with Crippen LogP contribution in [0.3, 0.4) is 0 Å². The number of imidazole rings is 1. The molecule has 0 N–H and O–H groups in total. The van der Waals surface area contributed by atoms with Crippen LogP contribution in [0.15, 0.2) is 36.7 Å². The van der Waals surface area contributed by atoms with E-state index in [4.69, 9.17) is 17.0 Å². The zero-order chi connectivity index (χ0) is 17.8. The number of benzene rings is 1. The molecule has 5 nitrogen and oxygen atoms in total. The Balaban J connectivity index is 1.65. The first-order chi connectivity index (χ1) is 12.1. The maximum absolute atomic E-state index is 11.8. The van der Waals surface area contributed by atoms with Gasteiger partial charge in [0.05, 0.1) is 24.9 Å². The molecule has 1 aromatic carbocycles. The fourth-order valence-electron chi connectivity index (χ4n) is 3.32. The number of hydrogen-bond donors (Lipinski definition) is 0. The molecule has 0 atom stereocenters. The van der Waals surface area contributed by atoms with Gasteiger partial charge >= 0.3 is 5.97 Å². The van der Waals surface area contributed by atoms with Crippen LogP contribution >= 0.6 is 12.2 Å². The summed E-state index contributed by atoms with van der Waals surface area (Å²) in [6.07, 6.45) is 5.76. The topological polar surface area (TPSA) is 39.4 Å². The van der Waals surface area contributed by atoms with Gasteiger partial charge in [0.1, 0.15) is 0 Å². The van der Waals surface area contributed by atoms with Gasteiger partial charge in [-0.15, -0.1) is 0 Å². The third kappa shape index (κ3) is 4.02. The molecule has 1 aromatic heterocycles. The number of carbonyl (C=O) groups is 1. The number of aryl methyl sites for hydroxylation is 1. The molecule has 2 heterocycles. The van der Waals surface area contributed by atoms with Gasteiger partial charge in [0.2, 0.25) is 0 Å². The van der Waals surface area contributed by atoms with Crippen LogP contribution in [-0.2, 0) is 16.2 Å². The van der Waals surface area contributed by atoms with Gasteiger partial charge in [0.25, 0.3) is 0 Å². The molecular weight excluding hydrogens is 334 g/mol. The highest BCUT2D eigenvalue weighted by Gasteiger charge is 2.26. The van der Waals surface area contributed by atoms with Crippen molar-refractivity contribution in [1.82, 2.24) is 14.0 Å². The molecular formula is C19H25N3O2S. The Morgan fingerprint density at radius 1 is 1.24 bits per heavy atom. The quantitative estimate of drug-likeness (QED) is 0.605. The van der Waals surface area contributed by atoms with E-state index < -0.39 is 0 Å². The molecule has 134 valence electrons. The first kappa shape index (κ1) is 17.9. The lowest BCUT2D eigenvalue weighted by molar-refractivity contribution is -0.149. The summed E-state index contributed by atoms with van der Waals surface area (Å²) in [4.78, 5) is 14.2. The molecule has 1 aliphatic heterocycles. The molecule has 0 radical (unpaired) electrons. The summed E-state index contributed by atoms with van der Waals surface area (Å²) >= 11 is 5.66. The predicted molar refractivity (Wildman–Crippen MR) is 100 cm³/mol. The molecule has 0 saturated carbocycles. The third-order valence-electron chi connectivity index (χ3n) is 4.78. The number of esters is 1. The largest absolute Gasteiger partial charge is 0.466 e. The number of piperidine rings is 1. The number of para-hydroxylation sites is 1. The molecule has 1 saturated heterocycles. The summed E-state index contributed by atoms with van der Waals surface area (Å²) in [5, 5.41) is 0. The van der Waals surface area contributed by atoms with Crippen molar-refractivity contribution in [2.24, 2.45) is 5.92 Å². The van der Waals surface area contributed by atoms with Crippen LogP contribution in [0.2, 0.25) is 0 Å². The van der Waals surface area contributed by atoms with Crippen molar-refractivity contribution in [2.45, 2.75) is 33.4 Å². The number of carbonyl (C=O) groups excluding carboxylic acids is 1. The van der Waals surface area contributed by atoms with Crippen molar-refractivity contribution < 1.29 is 9.53 Å². The lowest BCUT2D eigenvalue weighted by Gasteiger charge is -2.30. The van der Waals surface area contributed by atoms with Crippen molar-refractivity contribution in [3.05, 3.63) is 47.0 Å². The fraction of sp³-hybridized carbons (Fsp3) is 0.474. The molecule has 6 heteroatoms. The average molecular weight is 359 g/mol. The van der Waals surface area contributed by atoms with E-state index in [9.17, 15) is 4.79 Å². The van der Waals surface area contributed by atoms with E-state index in [1.807, 2.05) is 31.5 Å². The Kier molecular flexibility index (Phi) is 5.71. The predicted octanol–water partition coefficient (Wildman–Crippen LogP) is 3.55. The standard InChI is InChI=1S/C19H25N3O2S/c1-3-24-18(23)16-8-10-20(11-9-16)14-21-12-13-22(19(21)25)17-7-5-4-6-15(17)2/h4-7,12-13,16H,3,8-11,14H2,1-2H3. The van der Waals surface area contributed by atoms with E-state index in [0.717, 1.165) is 43.1 Å². The van der Waals surface area contributed by atoms with Gasteiger partial charge in [-0.3, -0.25) is 14.3 Å². The molecule has 1 fully saturated rings. The van der Waals surface area contributed by atoms with Crippen LogP contribution in [0, 0.1) is 17.6 Å². The van der Waals surface area contributed by atoms with E-state index in [2.05, 4.69) is 33.1 Å². The second-order valence-electron chi connectivity index (χ2n) is 6.49. The Bertz CT molecular complexity index is 788. The van der Waals surface area contributed by atoms with E-state index in [1.165, 1.54) is 5.56 Å². The highest BCUT2D eigenvalue weighted by Crippen LogP contribution is 2.20. The van der Waals surface area contributed by atoms with Crippen LogP contribution in [-0.4, -0.2) is 39.7 Å². The molecule has 25 heavy (non-hydrogen) atoms. The normalized spacial score (nSPS) is 16.1. The van der Waals surface area contributed by atoms with Crippen molar-refractivity contribution in [3.8, 4) is 5.69 Å². The summed E-state index contributed by atoms with van der Waals surface area (Å²) in [5.74, 6) is -0.00907. The molecule has 2 aromatic rings. The second-order valence-corrected chi connectivity index (χ2v) is 6.86. The zero-order valence-corrected chi connectivity index (χ0v) is 15.7. The van der Waals surface area contributed by atoms with Gasteiger partial charge < -0.3 is 9.30 Å². The smallest absolute Gasteiger partial charge is 0.309 e. The maximum atomic E-state index is 11.8. The minimum atomic E-state index is -0.0514. The monoisotopic (exact) mass is 359 g/mol. The molecule has 0 amide bonds. The first-order valence-electron chi connectivity index (χ1n) is 8.83. The van der Waals surface area contributed by atoms with E-state index in [-0.39, 0.29) is 11.9 Å².